The molecule has 1 fully saturated rings. The lowest BCUT2D eigenvalue weighted by Gasteiger charge is -2.21. The van der Waals surface area contributed by atoms with Crippen LogP contribution in [0.3, 0.4) is 0 Å². The van der Waals surface area contributed by atoms with Crippen molar-refractivity contribution in [3.63, 3.8) is 0 Å². The molecule has 1 amide bonds. The van der Waals surface area contributed by atoms with Gasteiger partial charge in [0.25, 0.3) is 11.5 Å². The molecule has 0 aliphatic heterocycles. The van der Waals surface area contributed by atoms with E-state index in [9.17, 15) is 9.59 Å². The minimum Gasteiger partial charge on any atom is -0.468 e. The van der Waals surface area contributed by atoms with Crippen molar-refractivity contribution in [1.82, 2.24) is 19.6 Å². The van der Waals surface area contributed by atoms with Gasteiger partial charge in [-0.2, -0.15) is 0 Å². The molecule has 168 valence electrons. The van der Waals surface area contributed by atoms with Crippen LogP contribution in [0.4, 0.5) is 0 Å². The van der Waals surface area contributed by atoms with Crippen LogP contribution in [0.1, 0.15) is 45.8 Å². The minimum absolute atomic E-state index is 0.0206. The molecule has 7 nitrogen and oxygen atoms in total. The SMILES string of the molecule is Cc1cccn2c(=O)cc(CN(Cc3ccc(C(=O)NC4CC4)cc3)Cc3ccco3)nc12. The summed E-state index contributed by atoms with van der Waals surface area (Å²) in [7, 11) is 0. The van der Waals surface area contributed by atoms with Gasteiger partial charge in [-0.3, -0.25) is 18.9 Å². The molecule has 0 saturated heterocycles. The van der Waals surface area contributed by atoms with Gasteiger partial charge in [-0.15, -0.1) is 0 Å². The number of carbonyl (C=O) groups is 1. The zero-order valence-corrected chi connectivity index (χ0v) is 18.5. The van der Waals surface area contributed by atoms with Crippen LogP contribution in [0.25, 0.3) is 5.65 Å². The van der Waals surface area contributed by atoms with Gasteiger partial charge in [0.15, 0.2) is 0 Å². The van der Waals surface area contributed by atoms with E-state index in [1.807, 2.05) is 55.5 Å². The lowest BCUT2D eigenvalue weighted by molar-refractivity contribution is 0.0951. The van der Waals surface area contributed by atoms with Crippen molar-refractivity contribution in [3.05, 3.63) is 106 Å². The van der Waals surface area contributed by atoms with E-state index in [0.717, 1.165) is 29.7 Å². The third-order valence-electron chi connectivity index (χ3n) is 5.82. The van der Waals surface area contributed by atoms with Gasteiger partial charge in [0.2, 0.25) is 0 Å². The fourth-order valence-electron chi connectivity index (χ4n) is 3.93. The van der Waals surface area contributed by atoms with Crippen molar-refractivity contribution in [1.29, 1.82) is 0 Å². The number of hydrogen-bond acceptors (Lipinski definition) is 5. The van der Waals surface area contributed by atoms with Crippen molar-refractivity contribution < 1.29 is 9.21 Å². The van der Waals surface area contributed by atoms with Crippen LogP contribution in [0.15, 0.2) is 76.3 Å². The molecule has 1 aliphatic carbocycles. The summed E-state index contributed by atoms with van der Waals surface area (Å²) in [6.45, 7) is 3.64. The van der Waals surface area contributed by atoms with Crippen LogP contribution in [-0.2, 0) is 19.6 Å². The molecular weight excluding hydrogens is 416 g/mol. The fraction of sp³-hybridized carbons (Fsp3) is 0.269. The largest absolute Gasteiger partial charge is 0.468 e. The van der Waals surface area contributed by atoms with Crippen molar-refractivity contribution in [3.8, 4) is 0 Å². The quantitative estimate of drug-likeness (QED) is 0.450. The van der Waals surface area contributed by atoms with E-state index in [2.05, 4.69) is 10.2 Å². The molecule has 1 aromatic carbocycles. The number of pyridine rings is 1. The number of furan rings is 1. The summed E-state index contributed by atoms with van der Waals surface area (Å²) < 4.78 is 7.14. The number of amides is 1. The summed E-state index contributed by atoms with van der Waals surface area (Å²) in [5, 5.41) is 3.02. The molecule has 1 N–H and O–H groups in total. The molecule has 0 unspecified atom stereocenters. The van der Waals surface area contributed by atoms with Gasteiger partial charge in [0.05, 0.1) is 18.5 Å². The third-order valence-corrected chi connectivity index (χ3v) is 5.82. The predicted molar refractivity (Wildman–Crippen MR) is 125 cm³/mol. The monoisotopic (exact) mass is 442 g/mol. The van der Waals surface area contributed by atoms with Crippen LogP contribution >= 0.6 is 0 Å². The maximum Gasteiger partial charge on any atom is 0.258 e. The molecule has 1 aliphatic rings. The summed E-state index contributed by atoms with van der Waals surface area (Å²) in [4.78, 5) is 31.8. The first kappa shape index (κ1) is 21.2. The molecule has 0 radical (unpaired) electrons. The van der Waals surface area contributed by atoms with Crippen molar-refractivity contribution in [2.24, 2.45) is 0 Å². The molecule has 1 saturated carbocycles. The van der Waals surface area contributed by atoms with E-state index in [1.165, 1.54) is 0 Å². The predicted octanol–water partition coefficient (Wildman–Crippen LogP) is 3.69. The first-order chi connectivity index (χ1) is 16.0. The standard InChI is InChI=1S/C26H26N4O3/c1-18-4-2-12-30-24(31)14-22(27-25(18)30)16-29(17-23-5-3-13-33-23)15-19-6-8-20(9-7-19)26(32)28-21-10-11-21/h2-9,12-14,21H,10-11,15-17H2,1H3,(H,28,32). The number of carbonyl (C=O) groups excluding carboxylic acids is 1. The van der Waals surface area contributed by atoms with E-state index in [0.29, 0.717) is 42.6 Å². The maximum atomic E-state index is 12.6. The molecule has 0 atom stereocenters. The van der Waals surface area contributed by atoms with Crippen molar-refractivity contribution in [2.75, 3.05) is 0 Å². The van der Waals surface area contributed by atoms with Crippen molar-refractivity contribution >= 4 is 11.6 Å². The van der Waals surface area contributed by atoms with Crippen LogP contribution in [0.2, 0.25) is 0 Å². The number of benzene rings is 1. The van der Waals surface area contributed by atoms with E-state index >= 15 is 0 Å². The van der Waals surface area contributed by atoms with Gasteiger partial charge in [0, 0.05) is 37.0 Å². The number of hydrogen-bond donors (Lipinski definition) is 1. The summed E-state index contributed by atoms with van der Waals surface area (Å²) in [6, 6.07) is 17.2. The van der Waals surface area contributed by atoms with E-state index in [4.69, 9.17) is 9.40 Å². The molecule has 0 spiro atoms. The average molecular weight is 443 g/mol. The highest BCUT2D eigenvalue weighted by atomic mass is 16.3. The molecule has 3 aromatic heterocycles. The smallest absolute Gasteiger partial charge is 0.258 e. The number of aromatic nitrogens is 2. The second-order valence-electron chi connectivity index (χ2n) is 8.64. The first-order valence-corrected chi connectivity index (χ1v) is 11.2. The Hall–Kier alpha value is -3.71. The number of nitrogens with one attached hydrogen (secondary N) is 1. The highest BCUT2D eigenvalue weighted by molar-refractivity contribution is 5.94. The summed E-state index contributed by atoms with van der Waals surface area (Å²) in [6.07, 6.45) is 5.53. The molecule has 0 bridgehead atoms. The van der Waals surface area contributed by atoms with Gasteiger partial charge in [-0.05, 0) is 61.2 Å². The van der Waals surface area contributed by atoms with Gasteiger partial charge in [0.1, 0.15) is 11.4 Å². The summed E-state index contributed by atoms with van der Waals surface area (Å²) in [5.74, 6) is 0.817. The Bertz CT molecular complexity index is 1320. The van der Waals surface area contributed by atoms with E-state index in [1.54, 1.807) is 22.9 Å². The topological polar surface area (TPSA) is 79.9 Å². The van der Waals surface area contributed by atoms with Crippen LogP contribution in [-0.4, -0.2) is 26.2 Å². The molecule has 5 rings (SSSR count). The number of fused-ring (bicyclic) bond motifs is 1. The lowest BCUT2D eigenvalue weighted by atomic mass is 10.1. The molecular formula is C26H26N4O3. The summed E-state index contributed by atoms with van der Waals surface area (Å²) in [5.41, 5.74) is 3.98. The van der Waals surface area contributed by atoms with Crippen LogP contribution < -0.4 is 10.9 Å². The zero-order valence-electron chi connectivity index (χ0n) is 18.5. The number of aryl methyl sites for hydroxylation is 1. The molecule has 7 heteroatoms. The Balaban J connectivity index is 1.37. The Morgan fingerprint density at radius 1 is 1.12 bits per heavy atom. The Kier molecular flexibility index (Phi) is 5.79. The van der Waals surface area contributed by atoms with Gasteiger partial charge in [-0.1, -0.05) is 18.2 Å². The first-order valence-electron chi connectivity index (χ1n) is 11.2. The van der Waals surface area contributed by atoms with Crippen LogP contribution in [0, 0.1) is 6.92 Å². The summed E-state index contributed by atoms with van der Waals surface area (Å²) >= 11 is 0. The number of nitrogens with zero attached hydrogens (tertiary/aromatic N) is 3. The second kappa shape index (κ2) is 9.03. The Morgan fingerprint density at radius 2 is 1.94 bits per heavy atom. The van der Waals surface area contributed by atoms with Gasteiger partial charge >= 0.3 is 0 Å². The average Bonchev–Trinajstić information content (AvgIpc) is 3.47. The van der Waals surface area contributed by atoms with E-state index in [-0.39, 0.29) is 11.5 Å². The van der Waals surface area contributed by atoms with Crippen molar-refractivity contribution in [2.45, 2.75) is 45.4 Å². The number of rotatable bonds is 8. The second-order valence-corrected chi connectivity index (χ2v) is 8.64. The Morgan fingerprint density at radius 3 is 2.67 bits per heavy atom. The zero-order chi connectivity index (χ0) is 22.8. The highest BCUT2D eigenvalue weighted by Crippen LogP contribution is 2.20. The molecule has 4 aromatic rings. The normalized spacial score (nSPS) is 13.5. The fourth-order valence-corrected chi connectivity index (χ4v) is 3.93. The minimum atomic E-state index is -0.0947. The molecule has 33 heavy (non-hydrogen) atoms. The maximum absolute atomic E-state index is 12.6. The van der Waals surface area contributed by atoms with E-state index < -0.39 is 0 Å². The molecule has 3 heterocycles. The lowest BCUT2D eigenvalue weighted by Crippen LogP contribution is -2.26. The van der Waals surface area contributed by atoms with Gasteiger partial charge < -0.3 is 9.73 Å². The Labute approximate surface area is 191 Å². The van der Waals surface area contributed by atoms with Crippen LogP contribution in [0.5, 0.6) is 0 Å². The third kappa shape index (κ3) is 5.04. The van der Waals surface area contributed by atoms with Gasteiger partial charge in [-0.25, -0.2) is 4.98 Å². The highest BCUT2D eigenvalue weighted by Gasteiger charge is 2.23.